The van der Waals surface area contributed by atoms with Crippen molar-refractivity contribution >= 4 is 11.8 Å². The molecule has 0 aliphatic carbocycles. The van der Waals surface area contributed by atoms with Crippen LogP contribution in [-0.4, -0.2) is 49.7 Å². The van der Waals surface area contributed by atoms with Gasteiger partial charge in [-0.25, -0.2) is 5.01 Å². The average Bonchev–Trinajstić information content (AvgIpc) is 2.47. The fourth-order valence-corrected chi connectivity index (χ4v) is 2.83. The monoisotopic (exact) mass is 280 g/mol. The molecule has 2 N–H and O–H groups in total. The Morgan fingerprint density at radius 3 is 2.74 bits per heavy atom. The first-order valence-electron chi connectivity index (χ1n) is 6.80. The molecule has 19 heavy (non-hydrogen) atoms. The highest BCUT2D eigenvalue weighted by Gasteiger charge is 2.10. The molecule has 1 atom stereocenters. The number of nitrogens with one attached hydrogen (secondary N) is 2. The maximum atomic E-state index is 8.03. The summed E-state index contributed by atoms with van der Waals surface area (Å²) in [6, 6.07) is 10.3. The standard InChI is InChI=1S/C14H22N3OS/c15-13(12-19-14-4-2-1-3-5-14)6-7-16-17-8-10-18-11-9-17/h1-5,13,15-16H,6-12H2/t13-/m1/s1. The largest absolute Gasteiger partial charge is 0.379 e. The van der Waals surface area contributed by atoms with Crippen LogP contribution < -0.4 is 11.2 Å². The minimum atomic E-state index is -0.0150. The molecule has 1 aromatic rings. The summed E-state index contributed by atoms with van der Waals surface area (Å²) in [4.78, 5) is 1.25. The summed E-state index contributed by atoms with van der Waals surface area (Å²) in [6.45, 7) is 4.38. The van der Waals surface area contributed by atoms with Gasteiger partial charge in [-0.2, -0.15) is 0 Å². The van der Waals surface area contributed by atoms with Crippen LogP contribution in [-0.2, 0) is 4.74 Å². The third-order valence-corrected chi connectivity index (χ3v) is 4.21. The molecule has 1 aromatic carbocycles. The minimum absolute atomic E-state index is 0.0150. The van der Waals surface area contributed by atoms with Gasteiger partial charge in [0.05, 0.1) is 13.2 Å². The van der Waals surface area contributed by atoms with E-state index < -0.39 is 0 Å². The van der Waals surface area contributed by atoms with Crippen LogP contribution in [0.4, 0.5) is 0 Å². The van der Waals surface area contributed by atoms with Crippen LogP contribution in [0.3, 0.4) is 0 Å². The molecule has 0 unspecified atom stereocenters. The Morgan fingerprint density at radius 2 is 2.00 bits per heavy atom. The zero-order chi connectivity index (χ0) is 13.3. The van der Waals surface area contributed by atoms with Crippen molar-refractivity contribution in [2.75, 3.05) is 38.6 Å². The van der Waals surface area contributed by atoms with E-state index >= 15 is 0 Å². The topological polar surface area (TPSA) is 48.3 Å². The predicted molar refractivity (Wildman–Crippen MR) is 79.1 cm³/mol. The molecular formula is C14H22N3OS. The van der Waals surface area contributed by atoms with Crippen LogP contribution in [0, 0.1) is 0 Å². The maximum Gasteiger partial charge on any atom is 0.0608 e. The summed E-state index contributed by atoms with van der Waals surface area (Å²) < 4.78 is 5.29. The Hall–Kier alpha value is -0.590. The van der Waals surface area contributed by atoms with Crippen molar-refractivity contribution in [1.29, 1.82) is 0 Å². The summed E-state index contributed by atoms with van der Waals surface area (Å²) >= 11 is 1.77. The molecule has 0 spiro atoms. The molecule has 0 aromatic heterocycles. The quantitative estimate of drug-likeness (QED) is 0.772. The van der Waals surface area contributed by atoms with Gasteiger partial charge >= 0.3 is 0 Å². The summed E-state index contributed by atoms with van der Waals surface area (Å²) in [5.41, 5.74) is 11.4. The second-order valence-corrected chi connectivity index (χ2v) is 5.71. The Balaban J connectivity index is 1.55. The van der Waals surface area contributed by atoms with E-state index in [0.717, 1.165) is 45.0 Å². The molecule has 5 heteroatoms. The van der Waals surface area contributed by atoms with Crippen LogP contribution in [0.1, 0.15) is 6.42 Å². The highest BCUT2D eigenvalue weighted by Crippen LogP contribution is 2.18. The molecule has 1 fully saturated rings. The summed E-state index contributed by atoms with van der Waals surface area (Å²) in [5.74, 6) is 0.856. The number of hydrogen-bond acceptors (Lipinski definition) is 4. The van der Waals surface area contributed by atoms with Crippen LogP contribution in [0.2, 0.25) is 0 Å². The molecule has 2 rings (SSSR count). The third kappa shape index (κ3) is 5.93. The van der Waals surface area contributed by atoms with Crippen LogP contribution in [0.15, 0.2) is 35.2 Å². The fourth-order valence-electron chi connectivity index (χ4n) is 1.92. The van der Waals surface area contributed by atoms with Gasteiger partial charge in [-0.3, -0.25) is 11.2 Å². The van der Waals surface area contributed by atoms with Gasteiger partial charge in [0.2, 0.25) is 0 Å². The van der Waals surface area contributed by atoms with Gasteiger partial charge in [0.15, 0.2) is 0 Å². The lowest BCUT2D eigenvalue weighted by molar-refractivity contribution is 0.0117. The highest BCUT2D eigenvalue weighted by molar-refractivity contribution is 7.99. The van der Waals surface area contributed by atoms with Gasteiger partial charge < -0.3 is 4.74 Å². The molecule has 105 valence electrons. The Bertz CT molecular complexity index is 344. The van der Waals surface area contributed by atoms with E-state index in [0.29, 0.717) is 0 Å². The zero-order valence-corrected chi connectivity index (χ0v) is 12.0. The summed E-state index contributed by atoms with van der Waals surface area (Å²) in [5, 5.41) is 2.19. The van der Waals surface area contributed by atoms with E-state index in [-0.39, 0.29) is 6.04 Å². The number of ether oxygens (including phenoxy) is 1. The number of thioether (sulfide) groups is 1. The summed E-state index contributed by atoms with van der Waals surface area (Å²) in [6.07, 6.45) is 0.886. The number of benzene rings is 1. The minimum Gasteiger partial charge on any atom is -0.379 e. The molecule has 4 nitrogen and oxygen atoms in total. The van der Waals surface area contributed by atoms with Crippen LogP contribution in [0.5, 0.6) is 0 Å². The van der Waals surface area contributed by atoms with Gasteiger partial charge in [-0.15, -0.1) is 11.8 Å². The first-order valence-corrected chi connectivity index (χ1v) is 7.78. The van der Waals surface area contributed by atoms with E-state index in [4.69, 9.17) is 10.5 Å². The molecule has 1 aliphatic rings. The van der Waals surface area contributed by atoms with E-state index in [1.54, 1.807) is 11.8 Å². The molecule has 1 aliphatic heterocycles. The first kappa shape index (κ1) is 14.8. The highest BCUT2D eigenvalue weighted by atomic mass is 32.2. The van der Waals surface area contributed by atoms with Crippen molar-refractivity contribution in [3.63, 3.8) is 0 Å². The molecule has 1 saturated heterocycles. The molecule has 0 amide bonds. The van der Waals surface area contributed by atoms with Crippen molar-refractivity contribution in [2.45, 2.75) is 17.4 Å². The van der Waals surface area contributed by atoms with Gasteiger partial charge in [0, 0.05) is 36.3 Å². The van der Waals surface area contributed by atoms with Crippen molar-refractivity contribution in [2.24, 2.45) is 0 Å². The molecule has 0 saturated carbocycles. The van der Waals surface area contributed by atoms with Crippen molar-refractivity contribution in [3.05, 3.63) is 30.3 Å². The normalized spacial score (nSPS) is 18.4. The Labute approximate surface area is 119 Å². The number of morpholine rings is 1. The lowest BCUT2D eigenvalue weighted by Crippen LogP contribution is -2.46. The Kier molecular flexibility index (Phi) is 6.67. The molecule has 0 bridgehead atoms. The van der Waals surface area contributed by atoms with E-state index in [9.17, 15) is 0 Å². The summed E-state index contributed by atoms with van der Waals surface area (Å²) in [7, 11) is 0. The van der Waals surface area contributed by atoms with Gasteiger partial charge in [0.1, 0.15) is 0 Å². The van der Waals surface area contributed by atoms with E-state index in [2.05, 4.69) is 22.6 Å². The van der Waals surface area contributed by atoms with E-state index in [1.807, 2.05) is 18.2 Å². The zero-order valence-electron chi connectivity index (χ0n) is 11.2. The number of nitrogens with zero attached hydrogens (tertiary/aromatic N) is 1. The van der Waals surface area contributed by atoms with Crippen molar-refractivity contribution < 1.29 is 4.74 Å². The first-order chi connectivity index (χ1) is 9.34. The van der Waals surface area contributed by atoms with Gasteiger partial charge in [-0.1, -0.05) is 18.2 Å². The Morgan fingerprint density at radius 1 is 1.26 bits per heavy atom. The van der Waals surface area contributed by atoms with Gasteiger partial charge in [-0.05, 0) is 18.6 Å². The number of rotatable bonds is 7. The third-order valence-electron chi connectivity index (χ3n) is 3.03. The second kappa shape index (κ2) is 8.55. The van der Waals surface area contributed by atoms with Crippen molar-refractivity contribution in [1.82, 2.24) is 16.2 Å². The molecule has 1 heterocycles. The lowest BCUT2D eigenvalue weighted by Gasteiger charge is -2.27. The maximum absolute atomic E-state index is 8.03. The van der Waals surface area contributed by atoms with E-state index in [1.165, 1.54) is 4.90 Å². The smallest absolute Gasteiger partial charge is 0.0608 e. The fraction of sp³-hybridized carbons (Fsp3) is 0.571. The van der Waals surface area contributed by atoms with Crippen molar-refractivity contribution in [3.8, 4) is 0 Å². The van der Waals surface area contributed by atoms with Crippen LogP contribution >= 0.6 is 11.8 Å². The number of hydrazine groups is 1. The predicted octanol–water partition coefficient (Wildman–Crippen LogP) is 1.66. The number of hydrogen-bond donors (Lipinski definition) is 1. The second-order valence-electron chi connectivity index (χ2n) is 4.62. The van der Waals surface area contributed by atoms with Crippen LogP contribution in [0.25, 0.3) is 0 Å². The molecular weight excluding hydrogens is 258 g/mol. The SMILES string of the molecule is [NH][C@H](CCNN1CCOCC1)CSc1ccccc1. The average molecular weight is 280 g/mol. The molecule has 1 radical (unpaired) electrons. The van der Waals surface area contributed by atoms with Gasteiger partial charge in [0.25, 0.3) is 0 Å². The lowest BCUT2D eigenvalue weighted by atomic mass is 10.2.